The highest BCUT2D eigenvalue weighted by atomic mass is 19.4. The molecule has 0 saturated heterocycles. The van der Waals surface area contributed by atoms with E-state index < -0.39 is 30.0 Å². The normalized spacial score (nSPS) is 11.7. The summed E-state index contributed by atoms with van der Waals surface area (Å²) in [7, 11) is 1.19. The molecule has 1 aromatic rings. The van der Waals surface area contributed by atoms with Crippen LogP contribution < -0.4 is 10.1 Å². The van der Waals surface area contributed by atoms with Gasteiger partial charge in [-0.1, -0.05) is 18.1 Å². The smallest absolute Gasteiger partial charge is 0.469 e. The van der Waals surface area contributed by atoms with Crippen LogP contribution in [0.3, 0.4) is 0 Å². The lowest BCUT2D eigenvalue weighted by Crippen LogP contribution is -2.29. The Morgan fingerprint density at radius 3 is 2.35 bits per heavy atom. The highest BCUT2D eigenvalue weighted by Gasteiger charge is 2.31. The Bertz CT molecular complexity index is 614. The van der Waals surface area contributed by atoms with Crippen molar-refractivity contribution in [2.75, 3.05) is 7.11 Å². The number of carbonyl (C=O) groups excluding carboxylic acids is 2. The number of ether oxygens (including phenoxy) is 2. The molecule has 0 unspecified atom stereocenters. The molecule has 0 radical (unpaired) electrons. The Morgan fingerprint density at radius 1 is 1.26 bits per heavy atom. The summed E-state index contributed by atoms with van der Waals surface area (Å²) in [5.74, 6) is 3.05. The van der Waals surface area contributed by atoms with Gasteiger partial charge in [-0.05, 0) is 30.5 Å². The number of halogens is 3. The number of esters is 1. The van der Waals surface area contributed by atoms with Gasteiger partial charge in [0.25, 0.3) is 5.91 Å². The molecule has 0 heterocycles. The maximum absolute atomic E-state index is 12.1. The molecule has 0 aliphatic heterocycles. The predicted molar refractivity (Wildman–Crippen MR) is 74.1 cm³/mol. The second-order valence-electron chi connectivity index (χ2n) is 4.30. The zero-order valence-electron chi connectivity index (χ0n) is 12.4. The Kier molecular flexibility index (Phi) is 6.45. The lowest BCUT2D eigenvalue weighted by atomic mass is 10.0. The standard InChI is InChI=1S/C15H14F3NO4/c1-3-4-13(20)19-12(9-14(21)22-2)10-5-7-11(8-6-10)23-15(16,17)18/h5-8,12H,9H2,1-2H3,(H,19,20)/t12-/m0/s1. The van der Waals surface area contributed by atoms with Crippen LogP contribution in [0.15, 0.2) is 24.3 Å². The van der Waals surface area contributed by atoms with Crippen LogP contribution in [0, 0.1) is 11.8 Å². The third kappa shape index (κ3) is 6.74. The van der Waals surface area contributed by atoms with Gasteiger partial charge in [-0.15, -0.1) is 13.2 Å². The Hall–Kier alpha value is -2.69. The summed E-state index contributed by atoms with van der Waals surface area (Å²) in [4.78, 5) is 22.9. The van der Waals surface area contributed by atoms with Crippen molar-refractivity contribution in [1.29, 1.82) is 0 Å². The van der Waals surface area contributed by atoms with Crippen molar-refractivity contribution in [2.45, 2.75) is 25.7 Å². The minimum absolute atomic E-state index is 0.187. The van der Waals surface area contributed by atoms with E-state index in [9.17, 15) is 22.8 Å². The third-order valence-corrected chi connectivity index (χ3v) is 2.66. The molecule has 1 atom stereocenters. The molecular formula is C15H14F3NO4. The van der Waals surface area contributed by atoms with Gasteiger partial charge in [0.15, 0.2) is 0 Å². The molecule has 0 fully saturated rings. The highest BCUT2D eigenvalue weighted by Crippen LogP contribution is 2.25. The molecule has 1 aromatic carbocycles. The van der Waals surface area contributed by atoms with Gasteiger partial charge >= 0.3 is 12.3 Å². The molecule has 5 nitrogen and oxygen atoms in total. The lowest BCUT2D eigenvalue weighted by molar-refractivity contribution is -0.274. The van der Waals surface area contributed by atoms with Crippen LogP contribution in [-0.4, -0.2) is 25.3 Å². The first-order valence-corrected chi connectivity index (χ1v) is 6.41. The molecule has 0 aliphatic rings. The largest absolute Gasteiger partial charge is 0.573 e. The van der Waals surface area contributed by atoms with Crippen molar-refractivity contribution in [3.63, 3.8) is 0 Å². The van der Waals surface area contributed by atoms with Crippen molar-refractivity contribution >= 4 is 11.9 Å². The van der Waals surface area contributed by atoms with Crippen LogP contribution in [0.4, 0.5) is 13.2 Å². The average Bonchev–Trinajstić information content (AvgIpc) is 2.45. The Morgan fingerprint density at radius 2 is 1.87 bits per heavy atom. The second kappa shape index (κ2) is 8.08. The maximum Gasteiger partial charge on any atom is 0.573 e. The molecule has 124 valence electrons. The van der Waals surface area contributed by atoms with Gasteiger partial charge in [0.1, 0.15) is 5.75 Å². The summed E-state index contributed by atoms with van der Waals surface area (Å²) in [6.07, 6.45) is -4.98. The van der Waals surface area contributed by atoms with E-state index in [4.69, 9.17) is 0 Å². The van der Waals surface area contributed by atoms with Crippen LogP contribution in [0.1, 0.15) is 24.9 Å². The molecule has 23 heavy (non-hydrogen) atoms. The number of benzene rings is 1. The van der Waals surface area contributed by atoms with Crippen molar-refractivity contribution in [3.05, 3.63) is 29.8 Å². The first-order valence-electron chi connectivity index (χ1n) is 6.41. The molecule has 0 saturated carbocycles. The molecule has 0 spiro atoms. The molecule has 1 rings (SSSR count). The van der Waals surface area contributed by atoms with Crippen molar-refractivity contribution < 1.29 is 32.2 Å². The molecule has 1 N–H and O–H groups in total. The number of hydrogen-bond acceptors (Lipinski definition) is 4. The van der Waals surface area contributed by atoms with E-state index in [1.165, 1.54) is 26.2 Å². The lowest BCUT2D eigenvalue weighted by Gasteiger charge is -2.17. The van der Waals surface area contributed by atoms with Gasteiger partial charge in [0.05, 0.1) is 19.6 Å². The third-order valence-electron chi connectivity index (χ3n) is 2.66. The van der Waals surface area contributed by atoms with E-state index in [1.807, 2.05) is 0 Å². The van der Waals surface area contributed by atoms with E-state index >= 15 is 0 Å². The summed E-state index contributed by atoms with van der Waals surface area (Å²) in [5, 5.41) is 2.49. The van der Waals surface area contributed by atoms with E-state index in [0.717, 1.165) is 12.1 Å². The zero-order chi connectivity index (χ0) is 17.5. The molecule has 0 aromatic heterocycles. The van der Waals surface area contributed by atoms with Crippen LogP contribution >= 0.6 is 0 Å². The minimum Gasteiger partial charge on any atom is -0.469 e. The molecular weight excluding hydrogens is 315 g/mol. The van der Waals surface area contributed by atoms with Gasteiger partial charge in [0.2, 0.25) is 0 Å². The quantitative estimate of drug-likeness (QED) is 0.665. The van der Waals surface area contributed by atoms with Crippen LogP contribution in [0.25, 0.3) is 0 Å². The highest BCUT2D eigenvalue weighted by molar-refractivity contribution is 5.93. The number of hydrogen-bond donors (Lipinski definition) is 1. The van der Waals surface area contributed by atoms with Crippen molar-refractivity contribution in [3.8, 4) is 17.6 Å². The molecule has 8 heteroatoms. The summed E-state index contributed by atoms with van der Waals surface area (Å²) < 4.78 is 44.6. The van der Waals surface area contributed by atoms with Crippen molar-refractivity contribution in [2.24, 2.45) is 0 Å². The van der Waals surface area contributed by atoms with E-state index in [0.29, 0.717) is 5.56 Å². The number of alkyl halides is 3. The fraction of sp³-hybridized carbons (Fsp3) is 0.333. The van der Waals surface area contributed by atoms with Gasteiger partial charge < -0.3 is 14.8 Å². The number of rotatable bonds is 5. The number of carbonyl (C=O) groups is 2. The van der Waals surface area contributed by atoms with Crippen LogP contribution in [0.2, 0.25) is 0 Å². The zero-order valence-corrected chi connectivity index (χ0v) is 12.4. The average molecular weight is 329 g/mol. The summed E-state index contributed by atoms with van der Waals surface area (Å²) in [6.45, 7) is 1.47. The van der Waals surface area contributed by atoms with Crippen LogP contribution in [0.5, 0.6) is 5.75 Å². The molecule has 0 bridgehead atoms. The fourth-order valence-corrected chi connectivity index (χ4v) is 1.71. The predicted octanol–water partition coefficient (Wildman–Crippen LogP) is 2.33. The maximum atomic E-state index is 12.1. The van der Waals surface area contributed by atoms with Gasteiger partial charge in [0, 0.05) is 0 Å². The Labute approximate surface area is 130 Å². The molecule has 1 amide bonds. The van der Waals surface area contributed by atoms with Gasteiger partial charge in [-0.25, -0.2) is 0 Å². The SMILES string of the molecule is CC#CC(=O)N[C@@H](CC(=O)OC)c1ccc(OC(F)(F)F)cc1. The first kappa shape index (κ1) is 18.4. The van der Waals surface area contributed by atoms with E-state index in [1.54, 1.807) is 0 Å². The van der Waals surface area contributed by atoms with Gasteiger partial charge in [-0.2, -0.15) is 0 Å². The van der Waals surface area contributed by atoms with Crippen molar-refractivity contribution in [1.82, 2.24) is 5.32 Å². The summed E-state index contributed by atoms with van der Waals surface area (Å²) >= 11 is 0. The summed E-state index contributed by atoms with van der Waals surface area (Å²) in [6, 6.07) is 4.02. The second-order valence-corrected chi connectivity index (χ2v) is 4.30. The monoisotopic (exact) mass is 329 g/mol. The summed E-state index contributed by atoms with van der Waals surface area (Å²) in [5.41, 5.74) is 0.413. The number of nitrogens with one attached hydrogen (secondary N) is 1. The topological polar surface area (TPSA) is 64.6 Å². The van der Waals surface area contributed by atoms with Gasteiger partial charge in [-0.3, -0.25) is 9.59 Å². The first-order chi connectivity index (χ1) is 10.7. The minimum atomic E-state index is -4.79. The number of amides is 1. The molecule has 0 aliphatic carbocycles. The van der Waals surface area contributed by atoms with E-state index in [2.05, 4.69) is 26.6 Å². The Balaban J connectivity index is 2.93. The fourth-order valence-electron chi connectivity index (χ4n) is 1.71. The van der Waals surface area contributed by atoms with E-state index in [-0.39, 0.29) is 6.42 Å². The number of methoxy groups -OCH3 is 1. The van der Waals surface area contributed by atoms with Crippen LogP contribution in [-0.2, 0) is 14.3 Å².